The van der Waals surface area contributed by atoms with E-state index in [1.807, 2.05) is 44.2 Å². The average molecular weight is 430 g/mol. The molecule has 6 heteroatoms. The highest BCUT2D eigenvalue weighted by Gasteiger charge is 2.36. The molecule has 0 N–H and O–H groups in total. The first-order valence-corrected chi connectivity index (χ1v) is 12.3. The van der Waals surface area contributed by atoms with Crippen LogP contribution in [0.15, 0.2) is 42.5 Å². The first-order valence-electron chi connectivity index (χ1n) is 10.5. The number of ether oxygens (including phenoxy) is 1. The van der Waals surface area contributed by atoms with Crippen molar-refractivity contribution in [1.82, 2.24) is 4.90 Å². The molecule has 0 bridgehead atoms. The number of nitrogens with zero attached hydrogens (tertiary/aromatic N) is 1. The quantitative estimate of drug-likeness (QED) is 0.671. The Kier molecular flexibility index (Phi) is 6.86. The molecule has 2 aromatic rings. The van der Waals surface area contributed by atoms with Crippen LogP contribution < -0.4 is 4.74 Å². The normalized spacial score (nSPS) is 18.7. The van der Waals surface area contributed by atoms with Crippen LogP contribution in [0.25, 0.3) is 0 Å². The van der Waals surface area contributed by atoms with E-state index in [4.69, 9.17) is 4.74 Å². The van der Waals surface area contributed by atoms with Gasteiger partial charge in [-0.15, -0.1) is 0 Å². The first-order chi connectivity index (χ1) is 14.2. The smallest absolute Gasteiger partial charge is 0.263 e. The molecular weight excluding hydrogens is 398 g/mol. The van der Waals surface area contributed by atoms with E-state index in [0.29, 0.717) is 18.7 Å². The lowest BCUT2D eigenvalue weighted by Gasteiger charge is -2.31. The summed E-state index contributed by atoms with van der Waals surface area (Å²) in [5.41, 5.74) is 4.48. The van der Waals surface area contributed by atoms with Gasteiger partial charge in [-0.2, -0.15) is 0 Å². The Balaban J connectivity index is 1.80. The maximum Gasteiger partial charge on any atom is 0.263 e. The Morgan fingerprint density at radius 2 is 1.77 bits per heavy atom. The van der Waals surface area contributed by atoms with E-state index in [1.165, 1.54) is 5.56 Å². The molecule has 1 aliphatic heterocycles. The van der Waals surface area contributed by atoms with E-state index in [2.05, 4.69) is 19.1 Å². The van der Waals surface area contributed by atoms with Gasteiger partial charge in [0, 0.05) is 12.6 Å². The van der Waals surface area contributed by atoms with Crippen molar-refractivity contribution in [2.45, 2.75) is 59.2 Å². The van der Waals surface area contributed by atoms with Crippen molar-refractivity contribution >= 4 is 15.7 Å². The Morgan fingerprint density at radius 3 is 2.33 bits per heavy atom. The average Bonchev–Trinajstić information content (AvgIpc) is 3.08. The molecule has 0 spiro atoms. The lowest BCUT2D eigenvalue weighted by atomic mass is 10.1. The predicted molar refractivity (Wildman–Crippen MR) is 119 cm³/mol. The zero-order valence-corrected chi connectivity index (χ0v) is 19.0. The highest BCUT2D eigenvalue weighted by Crippen LogP contribution is 2.23. The standard InChI is InChI=1S/C24H31NO4S/c1-5-20-7-9-21(10-8-20)15-25(22-12-13-30(27,28)16-22)24(26)19(4)29-23-11-6-17(2)18(3)14-23/h6-11,14,19,22H,5,12-13,15-16H2,1-4H3/t19-,22+/m0/s1. The van der Waals surface area contributed by atoms with Crippen molar-refractivity contribution in [3.63, 3.8) is 0 Å². The van der Waals surface area contributed by atoms with Crippen molar-refractivity contribution in [2.75, 3.05) is 11.5 Å². The van der Waals surface area contributed by atoms with Crippen LogP contribution in [0.2, 0.25) is 0 Å². The van der Waals surface area contributed by atoms with Gasteiger partial charge in [0.2, 0.25) is 0 Å². The van der Waals surface area contributed by atoms with Crippen LogP contribution in [0.5, 0.6) is 5.75 Å². The molecular formula is C24H31NO4S. The fourth-order valence-corrected chi connectivity index (χ4v) is 5.49. The first kappa shape index (κ1) is 22.3. The summed E-state index contributed by atoms with van der Waals surface area (Å²) in [5, 5.41) is 0. The number of rotatable bonds is 7. The van der Waals surface area contributed by atoms with Gasteiger partial charge in [0.1, 0.15) is 5.75 Å². The minimum atomic E-state index is -3.11. The minimum absolute atomic E-state index is 0.0160. The zero-order valence-electron chi connectivity index (χ0n) is 18.2. The van der Waals surface area contributed by atoms with Gasteiger partial charge in [-0.3, -0.25) is 4.79 Å². The lowest BCUT2D eigenvalue weighted by Crippen LogP contribution is -2.46. The summed E-state index contributed by atoms with van der Waals surface area (Å²) in [6.07, 6.45) is 0.715. The fourth-order valence-electron chi connectivity index (χ4n) is 3.76. The largest absolute Gasteiger partial charge is 0.481 e. The Morgan fingerprint density at radius 1 is 1.10 bits per heavy atom. The second-order valence-corrected chi connectivity index (χ2v) is 10.4. The lowest BCUT2D eigenvalue weighted by molar-refractivity contribution is -0.140. The van der Waals surface area contributed by atoms with Crippen molar-refractivity contribution in [3.05, 3.63) is 64.7 Å². The second-order valence-electron chi connectivity index (χ2n) is 8.20. The van der Waals surface area contributed by atoms with E-state index < -0.39 is 15.9 Å². The molecule has 0 aliphatic carbocycles. The maximum absolute atomic E-state index is 13.3. The van der Waals surface area contributed by atoms with Gasteiger partial charge >= 0.3 is 0 Å². The summed E-state index contributed by atoms with van der Waals surface area (Å²) >= 11 is 0. The third-order valence-electron chi connectivity index (χ3n) is 5.86. The van der Waals surface area contributed by atoms with Gasteiger partial charge < -0.3 is 9.64 Å². The van der Waals surface area contributed by atoms with E-state index in [9.17, 15) is 13.2 Å². The van der Waals surface area contributed by atoms with Crippen LogP contribution in [-0.4, -0.2) is 42.9 Å². The molecule has 30 heavy (non-hydrogen) atoms. The van der Waals surface area contributed by atoms with Gasteiger partial charge in [0.25, 0.3) is 5.91 Å². The van der Waals surface area contributed by atoms with E-state index in [0.717, 1.165) is 23.1 Å². The summed E-state index contributed by atoms with van der Waals surface area (Å²) in [6, 6.07) is 13.6. The SMILES string of the molecule is CCc1ccc(CN(C(=O)[C@H](C)Oc2ccc(C)c(C)c2)[C@@H]2CCS(=O)(=O)C2)cc1. The molecule has 0 aromatic heterocycles. The molecule has 3 rings (SSSR count). The summed E-state index contributed by atoms with van der Waals surface area (Å²) in [7, 11) is -3.11. The molecule has 2 aromatic carbocycles. The van der Waals surface area contributed by atoms with Crippen molar-refractivity contribution < 1.29 is 17.9 Å². The Bertz CT molecular complexity index is 998. The zero-order chi connectivity index (χ0) is 21.9. The number of carbonyl (C=O) groups excluding carboxylic acids is 1. The highest BCUT2D eigenvalue weighted by molar-refractivity contribution is 7.91. The monoisotopic (exact) mass is 429 g/mol. The molecule has 2 atom stereocenters. The highest BCUT2D eigenvalue weighted by atomic mass is 32.2. The summed E-state index contributed by atoms with van der Waals surface area (Å²) in [6.45, 7) is 8.24. The van der Waals surface area contributed by atoms with Gasteiger partial charge in [-0.25, -0.2) is 8.42 Å². The van der Waals surface area contributed by atoms with Crippen molar-refractivity contribution in [1.29, 1.82) is 0 Å². The van der Waals surface area contributed by atoms with Crippen LogP contribution in [0.3, 0.4) is 0 Å². The fraction of sp³-hybridized carbons (Fsp3) is 0.458. The van der Waals surface area contributed by atoms with Gasteiger partial charge in [0.15, 0.2) is 15.9 Å². The maximum atomic E-state index is 13.3. The molecule has 0 radical (unpaired) electrons. The van der Waals surface area contributed by atoms with Crippen molar-refractivity contribution in [2.24, 2.45) is 0 Å². The van der Waals surface area contributed by atoms with E-state index in [-0.39, 0.29) is 23.5 Å². The molecule has 1 heterocycles. The van der Waals surface area contributed by atoms with Crippen LogP contribution in [0.4, 0.5) is 0 Å². The van der Waals surface area contributed by atoms with Crippen molar-refractivity contribution in [3.8, 4) is 5.75 Å². The minimum Gasteiger partial charge on any atom is -0.481 e. The number of carbonyl (C=O) groups is 1. The number of aryl methyl sites for hydroxylation is 3. The summed E-state index contributed by atoms with van der Waals surface area (Å²) in [5.74, 6) is 0.602. The third kappa shape index (κ3) is 5.42. The molecule has 0 saturated carbocycles. The number of amides is 1. The summed E-state index contributed by atoms with van der Waals surface area (Å²) < 4.78 is 30.1. The van der Waals surface area contributed by atoms with Crippen LogP contribution in [-0.2, 0) is 27.6 Å². The molecule has 0 unspecified atom stereocenters. The Hall–Kier alpha value is -2.34. The molecule has 1 saturated heterocycles. The van der Waals surface area contributed by atoms with Crippen LogP contribution in [0.1, 0.15) is 42.5 Å². The molecule has 1 aliphatic rings. The molecule has 5 nitrogen and oxygen atoms in total. The van der Waals surface area contributed by atoms with Gasteiger partial charge in [-0.05, 0) is 68.0 Å². The van der Waals surface area contributed by atoms with Crippen LogP contribution in [0, 0.1) is 13.8 Å². The number of benzene rings is 2. The Labute approximate surface area is 180 Å². The predicted octanol–water partition coefficient (Wildman–Crippen LogP) is 3.85. The topological polar surface area (TPSA) is 63.7 Å². The summed E-state index contributed by atoms with van der Waals surface area (Å²) in [4.78, 5) is 15.0. The van der Waals surface area contributed by atoms with Crippen LogP contribution >= 0.6 is 0 Å². The van der Waals surface area contributed by atoms with E-state index in [1.54, 1.807) is 11.8 Å². The molecule has 1 amide bonds. The number of hydrogen-bond acceptors (Lipinski definition) is 4. The molecule has 162 valence electrons. The number of hydrogen-bond donors (Lipinski definition) is 0. The van der Waals surface area contributed by atoms with Gasteiger partial charge in [-0.1, -0.05) is 37.3 Å². The number of sulfone groups is 1. The second kappa shape index (κ2) is 9.21. The molecule has 1 fully saturated rings. The van der Waals surface area contributed by atoms with E-state index >= 15 is 0 Å². The van der Waals surface area contributed by atoms with Gasteiger partial charge in [0.05, 0.1) is 11.5 Å². The third-order valence-corrected chi connectivity index (χ3v) is 7.61.